The van der Waals surface area contributed by atoms with Crippen LogP contribution in [-0.4, -0.2) is 18.6 Å². The van der Waals surface area contributed by atoms with Crippen molar-refractivity contribution in [2.24, 2.45) is 17.6 Å². The summed E-state index contributed by atoms with van der Waals surface area (Å²) in [7, 11) is 0. The highest BCUT2D eigenvalue weighted by molar-refractivity contribution is 5.55. The van der Waals surface area contributed by atoms with Crippen LogP contribution in [0.25, 0.3) is 0 Å². The van der Waals surface area contributed by atoms with Crippen molar-refractivity contribution in [2.75, 3.05) is 18.0 Å². The van der Waals surface area contributed by atoms with E-state index in [9.17, 15) is 0 Å². The molecule has 1 saturated carbocycles. The fourth-order valence-corrected chi connectivity index (χ4v) is 4.07. The summed E-state index contributed by atoms with van der Waals surface area (Å²) in [5.41, 5.74) is 9.15. The van der Waals surface area contributed by atoms with Gasteiger partial charge in [-0.1, -0.05) is 38.5 Å². The lowest BCUT2D eigenvalue weighted by Gasteiger charge is -2.53. The number of rotatable bonds is 4. The predicted molar refractivity (Wildman–Crippen MR) is 88.2 cm³/mol. The molecule has 0 aliphatic heterocycles. The van der Waals surface area contributed by atoms with Crippen molar-refractivity contribution in [1.82, 2.24) is 0 Å². The van der Waals surface area contributed by atoms with Crippen molar-refractivity contribution in [3.8, 4) is 0 Å². The Kier molecular flexibility index (Phi) is 4.74. The summed E-state index contributed by atoms with van der Waals surface area (Å²) >= 11 is 0. The first-order valence-corrected chi connectivity index (χ1v) is 8.08. The molecule has 1 aromatic rings. The van der Waals surface area contributed by atoms with Gasteiger partial charge in [-0.3, -0.25) is 0 Å². The third-order valence-corrected chi connectivity index (χ3v) is 5.33. The molecule has 2 heteroatoms. The van der Waals surface area contributed by atoms with Crippen LogP contribution in [0, 0.1) is 18.8 Å². The molecule has 0 spiro atoms. The van der Waals surface area contributed by atoms with Gasteiger partial charge in [0.1, 0.15) is 0 Å². The molecule has 20 heavy (non-hydrogen) atoms. The van der Waals surface area contributed by atoms with Crippen LogP contribution in [0.4, 0.5) is 5.69 Å². The smallest absolute Gasteiger partial charge is 0.0552 e. The molecule has 1 aromatic carbocycles. The topological polar surface area (TPSA) is 29.3 Å². The highest BCUT2D eigenvalue weighted by atomic mass is 15.2. The van der Waals surface area contributed by atoms with Crippen LogP contribution in [0.2, 0.25) is 0 Å². The van der Waals surface area contributed by atoms with Gasteiger partial charge in [0, 0.05) is 18.8 Å². The standard InChI is InChI=1S/C18H30N2/c1-5-20(17-9-7-6-8-15(17)3)18(13-19)12-14(2)10-11-16(18)4/h6-9,14,16H,5,10-13,19H2,1-4H3. The van der Waals surface area contributed by atoms with Crippen molar-refractivity contribution in [2.45, 2.75) is 52.5 Å². The van der Waals surface area contributed by atoms with E-state index >= 15 is 0 Å². The van der Waals surface area contributed by atoms with Gasteiger partial charge in [0.05, 0.1) is 5.54 Å². The third kappa shape index (κ3) is 2.58. The number of likely N-dealkylation sites (N-methyl/N-ethyl adjacent to an activating group) is 1. The first-order chi connectivity index (χ1) is 9.55. The zero-order chi connectivity index (χ0) is 14.8. The third-order valence-electron chi connectivity index (χ3n) is 5.33. The lowest BCUT2D eigenvalue weighted by atomic mass is 9.68. The Morgan fingerprint density at radius 2 is 1.95 bits per heavy atom. The van der Waals surface area contributed by atoms with Gasteiger partial charge in [-0.2, -0.15) is 0 Å². The number of nitrogens with zero attached hydrogens (tertiary/aromatic N) is 1. The van der Waals surface area contributed by atoms with E-state index in [0.29, 0.717) is 5.92 Å². The molecule has 0 saturated heterocycles. The molecule has 2 rings (SSSR count). The van der Waals surface area contributed by atoms with Crippen LogP contribution in [0.5, 0.6) is 0 Å². The van der Waals surface area contributed by atoms with E-state index in [-0.39, 0.29) is 5.54 Å². The number of hydrogen-bond donors (Lipinski definition) is 1. The molecule has 3 unspecified atom stereocenters. The highest BCUT2D eigenvalue weighted by Crippen LogP contribution is 2.43. The molecule has 1 aliphatic rings. The zero-order valence-electron chi connectivity index (χ0n) is 13.5. The first-order valence-electron chi connectivity index (χ1n) is 8.08. The largest absolute Gasteiger partial charge is 0.364 e. The maximum atomic E-state index is 6.31. The lowest BCUT2D eigenvalue weighted by Crippen LogP contribution is -2.61. The summed E-state index contributed by atoms with van der Waals surface area (Å²) in [6, 6.07) is 8.72. The Morgan fingerprint density at radius 1 is 1.25 bits per heavy atom. The zero-order valence-corrected chi connectivity index (χ0v) is 13.5. The summed E-state index contributed by atoms with van der Waals surface area (Å²) < 4.78 is 0. The van der Waals surface area contributed by atoms with Gasteiger partial charge in [0.15, 0.2) is 0 Å². The maximum absolute atomic E-state index is 6.31. The summed E-state index contributed by atoms with van der Waals surface area (Å²) in [5.74, 6) is 1.43. The minimum absolute atomic E-state index is 0.124. The second kappa shape index (κ2) is 6.17. The Labute approximate surface area is 124 Å². The molecule has 0 aromatic heterocycles. The van der Waals surface area contributed by atoms with Crippen LogP contribution >= 0.6 is 0 Å². The average molecular weight is 274 g/mol. The van der Waals surface area contributed by atoms with Crippen molar-refractivity contribution >= 4 is 5.69 Å². The minimum Gasteiger partial charge on any atom is -0.364 e. The van der Waals surface area contributed by atoms with Crippen molar-refractivity contribution in [3.05, 3.63) is 29.8 Å². The summed E-state index contributed by atoms with van der Waals surface area (Å²) in [6.45, 7) is 11.0. The minimum atomic E-state index is 0.124. The lowest BCUT2D eigenvalue weighted by molar-refractivity contribution is 0.157. The van der Waals surface area contributed by atoms with Gasteiger partial charge in [0.2, 0.25) is 0 Å². The second-order valence-electron chi connectivity index (χ2n) is 6.63. The number of nitrogens with two attached hydrogens (primary N) is 1. The van der Waals surface area contributed by atoms with E-state index in [1.165, 1.54) is 30.5 Å². The SMILES string of the molecule is CCN(c1ccccc1C)C1(CN)CC(C)CCC1C. The van der Waals surface area contributed by atoms with Crippen LogP contribution in [-0.2, 0) is 0 Å². The van der Waals surface area contributed by atoms with Crippen molar-refractivity contribution in [3.63, 3.8) is 0 Å². The summed E-state index contributed by atoms with van der Waals surface area (Å²) in [4.78, 5) is 2.59. The van der Waals surface area contributed by atoms with Crippen LogP contribution in [0.15, 0.2) is 24.3 Å². The van der Waals surface area contributed by atoms with E-state index < -0.39 is 0 Å². The Hall–Kier alpha value is -1.02. The second-order valence-corrected chi connectivity index (χ2v) is 6.63. The summed E-state index contributed by atoms with van der Waals surface area (Å²) in [5, 5.41) is 0. The first kappa shape index (κ1) is 15.4. The predicted octanol–water partition coefficient (Wildman–Crippen LogP) is 3.97. The molecule has 0 heterocycles. The molecule has 0 radical (unpaired) electrons. The van der Waals surface area contributed by atoms with E-state index in [2.05, 4.69) is 56.9 Å². The number of aryl methyl sites for hydroxylation is 1. The van der Waals surface area contributed by atoms with Gasteiger partial charge in [-0.15, -0.1) is 0 Å². The maximum Gasteiger partial charge on any atom is 0.0552 e. The van der Waals surface area contributed by atoms with Crippen molar-refractivity contribution < 1.29 is 0 Å². The molecule has 1 fully saturated rings. The number of benzene rings is 1. The van der Waals surface area contributed by atoms with Crippen LogP contribution in [0.3, 0.4) is 0 Å². The normalized spacial score (nSPS) is 30.2. The van der Waals surface area contributed by atoms with E-state index in [1.54, 1.807) is 0 Å². The molecular formula is C18H30N2. The Balaban J connectivity index is 2.44. The number of anilines is 1. The molecule has 2 nitrogen and oxygen atoms in total. The number of hydrogen-bond acceptors (Lipinski definition) is 2. The molecule has 0 amide bonds. The van der Waals surface area contributed by atoms with Gasteiger partial charge < -0.3 is 10.6 Å². The molecule has 0 bridgehead atoms. The van der Waals surface area contributed by atoms with Gasteiger partial charge in [0.25, 0.3) is 0 Å². The molecule has 1 aliphatic carbocycles. The Bertz CT molecular complexity index is 443. The van der Waals surface area contributed by atoms with Crippen LogP contribution in [0.1, 0.15) is 45.6 Å². The molecular weight excluding hydrogens is 244 g/mol. The fourth-order valence-electron chi connectivity index (χ4n) is 4.07. The van der Waals surface area contributed by atoms with E-state index in [4.69, 9.17) is 5.73 Å². The molecule has 112 valence electrons. The fraction of sp³-hybridized carbons (Fsp3) is 0.667. The van der Waals surface area contributed by atoms with Gasteiger partial charge >= 0.3 is 0 Å². The molecule has 3 atom stereocenters. The average Bonchev–Trinajstić information content (AvgIpc) is 2.45. The van der Waals surface area contributed by atoms with E-state index in [0.717, 1.165) is 19.0 Å². The monoisotopic (exact) mass is 274 g/mol. The summed E-state index contributed by atoms with van der Waals surface area (Å²) in [6.07, 6.45) is 3.85. The van der Waals surface area contributed by atoms with Gasteiger partial charge in [-0.25, -0.2) is 0 Å². The molecule has 2 N–H and O–H groups in total. The highest BCUT2D eigenvalue weighted by Gasteiger charge is 2.44. The van der Waals surface area contributed by atoms with Gasteiger partial charge in [-0.05, 0) is 50.2 Å². The van der Waals surface area contributed by atoms with Crippen molar-refractivity contribution in [1.29, 1.82) is 0 Å². The van der Waals surface area contributed by atoms with Crippen LogP contribution < -0.4 is 10.6 Å². The quantitative estimate of drug-likeness (QED) is 0.900. The van der Waals surface area contributed by atoms with E-state index in [1.807, 2.05) is 0 Å². The number of para-hydroxylation sites is 1. The Morgan fingerprint density at radius 3 is 2.55 bits per heavy atom.